The number of nitrogens with zero attached hydrogens (tertiary/aromatic N) is 1. The molecule has 2 rings (SSSR count). The summed E-state index contributed by atoms with van der Waals surface area (Å²) in [6.07, 6.45) is 0.863. The van der Waals surface area contributed by atoms with Crippen LogP contribution in [0.4, 0.5) is 0 Å². The highest BCUT2D eigenvalue weighted by Crippen LogP contribution is 2.31. The highest BCUT2D eigenvalue weighted by molar-refractivity contribution is 7.89. The first-order chi connectivity index (χ1) is 9.48. The van der Waals surface area contributed by atoms with Crippen molar-refractivity contribution in [2.24, 2.45) is 5.92 Å². The van der Waals surface area contributed by atoms with Crippen LogP contribution in [0.2, 0.25) is 5.02 Å². The van der Waals surface area contributed by atoms with E-state index in [9.17, 15) is 8.42 Å². The fourth-order valence-corrected chi connectivity index (χ4v) is 4.44. The lowest BCUT2D eigenvalue weighted by molar-refractivity contribution is 0.412. The molecule has 1 aliphatic heterocycles. The number of nitrogens with one attached hydrogen (secondary N) is 1. The van der Waals surface area contributed by atoms with Gasteiger partial charge in [0, 0.05) is 19.2 Å². The number of hydrogen-bond donors (Lipinski definition) is 1. The summed E-state index contributed by atoms with van der Waals surface area (Å²) in [4.78, 5) is 0.114. The third kappa shape index (κ3) is 3.09. The number of halogens is 1. The molecular weight excluding hydrogens is 300 g/mol. The van der Waals surface area contributed by atoms with Crippen LogP contribution in [0.3, 0.4) is 0 Å². The Balaban J connectivity index is 2.27. The van der Waals surface area contributed by atoms with Gasteiger partial charge in [0.25, 0.3) is 0 Å². The number of ether oxygens (including phenoxy) is 1. The molecule has 1 atom stereocenters. The number of rotatable bonds is 5. The van der Waals surface area contributed by atoms with Gasteiger partial charge in [-0.15, -0.1) is 0 Å². The second kappa shape index (κ2) is 6.30. The lowest BCUT2D eigenvalue weighted by atomic mass is 10.1. The molecule has 1 saturated heterocycles. The van der Waals surface area contributed by atoms with Crippen molar-refractivity contribution in [2.75, 3.05) is 33.8 Å². The van der Waals surface area contributed by atoms with Crippen LogP contribution >= 0.6 is 11.6 Å². The summed E-state index contributed by atoms with van der Waals surface area (Å²) in [6.45, 7) is 1.87. The van der Waals surface area contributed by atoms with E-state index in [2.05, 4.69) is 5.32 Å². The van der Waals surface area contributed by atoms with Crippen molar-refractivity contribution in [3.63, 3.8) is 0 Å². The normalized spacial score (nSPS) is 20.2. The Labute approximate surface area is 124 Å². The molecule has 0 amide bonds. The molecule has 1 fully saturated rings. The average Bonchev–Trinajstić information content (AvgIpc) is 2.89. The molecule has 1 aliphatic rings. The summed E-state index contributed by atoms with van der Waals surface area (Å²) in [7, 11) is -0.190. The summed E-state index contributed by atoms with van der Waals surface area (Å²) in [5, 5.41) is 3.31. The van der Waals surface area contributed by atoms with Gasteiger partial charge in [-0.05, 0) is 38.1 Å². The van der Waals surface area contributed by atoms with Gasteiger partial charge in [0.05, 0.1) is 12.1 Å². The monoisotopic (exact) mass is 318 g/mol. The third-order valence-corrected chi connectivity index (χ3v) is 5.84. The summed E-state index contributed by atoms with van der Waals surface area (Å²) in [5.41, 5.74) is 0. The molecule has 0 radical (unpaired) electrons. The van der Waals surface area contributed by atoms with Crippen LogP contribution in [0.15, 0.2) is 23.1 Å². The summed E-state index contributed by atoms with van der Waals surface area (Å²) >= 11 is 6.04. The van der Waals surface area contributed by atoms with Gasteiger partial charge < -0.3 is 10.1 Å². The van der Waals surface area contributed by atoms with E-state index < -0.39 is 10.0 Å². The van der Waals surface area contributed by atoms with E-state index in [1.54, 1.807) is 12.1 Å². The molecular formula is C13H19ClN2O3S. The third-order valence-electron chi connectivity index (χ3n) is 3.50. The Morgan fingerprint density at radius 2 is 2.25 bits per heavy atom. The van der Waals surface area contributed by atoms with Crippen molar-refractivity contribution < 1.29 is 13.2 Å². The van der Waals surface area contributed by atoms with Gasteiger partial charge in [0.2, 0.25) is 10.0 Å². The van der Waals surface area contributed by atoms with Crippen LogP contribution in [0.5, 0.6) is 5.75 Å². The number of hydrogen-bond acceptors (Lipinski definition) is 4. The van der Waals surface area contributed by atoms with E-state index in [0.717, 1.165) is 13.0 Å². The minimum Gasteiger partial charge on any atom is -0.497 e. The number of methoxy groups -OCH3 is 1. The van der Waals surface area contributed by atoms with Gasteiger partial charge in [-0.25, -0.2) is 8.42 Å². The van der Waals surface area contributed by atoms with Crippen LogP contribution in [0.25, 0.3) is 0 Å². The molecule has 0 bridgehead atoms. The highest BCUT2D eigenvalue weighted by Gasteiger charge is 2.33. The molecule has 1 aromatic rings. The zero-order valence-corrected chi connectivity index (χ0v) is 13.2. The molecule has 0 spiro atoms. The molecule has 0 aromatic heterocycles. The molecule has 1 unspecified atom stereocenters. The molecule has 1 heterocycles. The molecule has 112 valence electrons. The molecule has 1 N–H and O–H groups in total. The number of sulfonamides is 1. The lowest BCUT2D eigenvalue weighted by Crippen LogP contribution is -2.30. The smallest absolute Gasteiger partial charge is 0.244 e. The van der Waals surface area contributed by atoms with Crippen molar-refractivity contribution in [1.29, 1.82) is 0 Å². The van der Waals surface area contributed by atoms with Gasteiger partial charge >= 0.3 is 0 Å². The van der Waals surface area contributed by atoms with E-state index in [4.69, 9.17) is 16.3 Å². The highest BCUT2D eigenvalue weighted by atomic mass is 35.5. The van der Waals surface area contributed by atoms with Crippen LogP contribution < -0.4 is 10.1 Å². The van der Waals surface area contributed by atoms with Gasteiger partial charge in [0.15, 0.2) is 0 Å². The maximum atomic E-state index is 12.6. The van der Waals surface area contributed by atoms with E-state index in [0.29, 0.717) is 24.8 Å². The van der Waals surface area contributed by atoms with Crippen molar-refractivity contribution in [3.05, 3.63) is 23.2 Å². The quantitative estimate of drug-likeness (QED) is 0.895. The Kier molecular flexibility index (Phi) is 4.90. The molecule has 0 saturated carbocycles. The fourth-order valence-electron chi connectivity index (χ4n) is 2.42. The first-order valence-electron chi connectivity index (χ1n) is 6.47. The lowest BCUT2D eigenvalue weighted by Gasteiger charge is -2.18. The zero-order chi connectivity index (χ0) is 14.8. The van der Waals surface area contributed by atoms with Crippen LogP contribution in [0.1, 0.15) is 6.42 Å². The van der Waals surface area contributed by atoms with Crippen LogP contribution in [0, 0.1) is 5.92 Å². The minimum absolute atomic E-state index is 0.114. The Morgan fingerprint density at radius 1 is 1.50 bits per heavy atom. The molecule has 20 heavy (non-hydrogen) atoms. The van der Waals surface area contributed by atoms with Gasteiger partial charge in [0.1, 0.15) is 10.6 Å². The van der Waals surface area contributed by atoms with E-state index in [1.807, 2.05) is 7.05 Å². The van der Waals surface area contributed by atoms with Crippen molar-refractivity contribution in [3.8, 4) is 5.75 Å². The predicted octanol–water partition coefficient (Wildman–Crippen LogP) is 1.58. The largest absolute Gasteiger partial charge is 0.497 e. The van der Waals surface area contributed by atoms with Gasteiger partial charge in [-0.1, -0.05) is 11.6 Å². The Hall–Kier alpha value is -0.820. The minimum atomic E-state index is -3.56. The Morgan fingerprint density at radius 3 is 2.90 bits per heavy atom. The SMILES string of the molecule is CNCC1CCN(S(=O)(=O)c2cc(OC)ccc2Cl)C1. The summed E-state index contributed by atoms with van der Waals surface area (Å²) < 4.78 is 31.8. The van der Waals surface area contributed by atoms with Crippen LogP contribution in [-0.2, 0) is 10.0 Å². The second-order valence-corrected chi connectivity index (χ2v) is 7.19. The van der Waals surface area contributed by atoms with Crippen molar-refractivity contribution >= 4 is 21.6 Å². The van der Waals surface area contributed by atoms with Gasteiger partial charge in [-0.3, -0.25) is 0 Å². The molecule has 0 aliphatic carbocycles. The topological polar surface area (TPSA) is 58.6 Å². The standard InChI is InChI=1S/C13H19ClN2O3S/c1-15-8-10-5-6-16(9-10)20(17,18)13-7-11(19-2)3-4-12(13)14/h3-4,7,10,15H,5-6,8-9H2,1-2H3. The molecule has 7 heteroatoms. The predicted molar refractivity (Wildman–Crippen MR) is 78.8 cm³/mol. The Bertz CT molecular complexity index is 577. The van der Waals surface area contributed by atoms with Gasteiger partial charge in [-0.2, -0.15) is 4.31 Å². The molecule has 5 nitrogen and oxygen atoms in total. The molecule has 1 aromatic carbocycles. The van der Waals surface area contributed by atoms with Crippen LogP contribution in [-0.4, -0.2) is 46.5 Å². The summed E-state index contributed by atoms with van der Waals surface area (Å²) in [6, 6.07) is 4.67. The fraction of sp³-hybridized carbons (Fsp3) is 0.538. The first kappa shape index (κ1) is 15.6. The second-order valence-electron chi connectivity index (χ2n) is 4.87. The zero-order valence-electron chi connectivity index (χ0n) is 11.6. The maximum absolute atomic E-state index is 12.6. The number of benzene rings is 1. The van der Waals surface area contributed by atoms with E-state index >= 15 is 0 Å². The maximum Gasteiger partial charge on any atom is 0.244 e. The average molecular weight is 319 g/mol. The van der Waals surface area contributed by atoms with E-state index in [-0.39, 0.29) is 9.92 Å². The van der Waals surface area contributed by atoms with Crippen molar-refractivity contribution in [2.45, 2.75) is 11.3 Å². The van der Waals surface area contributed by atoms with Crippen molar-refractivity contribution in [1.82, 2.24) is 9.62 Å². The first-order valence-corrected chi connectivity index (χ1v) is 8.29. The summed E-state index contributed by atoms with van der Waals surface area (Å²) in [5.74, 6) is 0.832. The van der Waals surface area contributed by atoms with E-state index in [1.165, 1.54) is 17.5 Å².